The van der Waals surface area contributed by atoms with Gasteiger partial charge in [-0.2, -0.15) is 0 Å². The minimum absolute atomic E-state index is 0.252. The monoisotopic (exact) mass is 239 g/mol. The van der Waals surface area contributed by atoms with Crippen LogP contribution in [0.2, 0.25) is 0 Å². The van der Waals surface area contributed by atoms with Gasteiger partial charge in [0.05, 0.1) is 5.56 Å². The van der Waals surface area contributed by atoms with Crippen molar-refractivity contribution in [1.82, 2.24) is 4.90 Å². The summed E-state index contributed by atoms with van der Waals surface area (Å²) in [5.74, 6) is -2.16. The molecule has 0 radical (unpaired) electrons. The molecule has 1 aromatic rings. The fourth-order valence-electron chi connectivity index (χ4n) is 2.21. The van der Waals surface area contributed by atoms with Crippen LogP contribution in [0.25, 0.3) is 0 Å². The van der Waals surface area contributed by atoms with Crippen LogP contribution in [0, 0.1) is 17.6 Å². The molecule has 1 fully saturated rings. The molecule has 0 bridgehead atoms. The summed E-state index contributed by atoms with van der Waals surface area (Å²) in [4.78, 5) is 14.2. The Kier molecular flexibility index (Phi) is 3.52. The second-order valence-electron chi connectivity index (χ2n) is 4.54. The van der Waals surface area contributed by atoms with Gasteiger partial charge in [0.2, 0.25) is 0 Å². The van der Waals surface area contributed by atoms with Gasteiger partial charge < -0.3 is 4.90 Å². The standard InChI is InChI=1S/C13H15F2NO/c1-16-7-5-9(6-8-16)13(17)12-10(14)3-2-4-11(12)15/h2-4,9H,5-8H2,1H3. The minimum Gasteiger partial charge on any atom is -0.306 e. The third-order valence-electron chi connectivity index (χ3n) is 3.30. The topological polar surface area (TPSA) is 20.3 Å². The minimum atomic E-state index is -0.756. The zero-order chi connectivity index (χ0) is 12.4. The Balaban J connectivity index is 2.20. The summed E-state index contributed by atoms with van der Waals surface area (Å²) < 4.78 is 26.9. The molecule has 1 heterocycles. The van der Waals surface area contributed by atoms with E-state index in [1.165, 1.54) is 6.07 Å². The van der Waals surface area contributed by atoms with Crippen molar-refractivity contribution < 1.29 is 13.6 Å². The number of piperidine rings is 1. The van der Waals surface area contributed by atoms with E-state index in [4.69, 9.17) is 0 Å². The number of carbonyl (C=O) groups excluding carboxylic acids is 1. The van der Waals surface area contributed by atoms with E-state index in [0.29, 0.717) is 12.8 Å². The number of benzene rings is 1. The maximum absolute atomic E-state index is 13.5. The van der Waals surface area contributed by atoms with E-state index in [9.17, 15) is 13.6 Å². The van der Waals surface area contributed by atoms with Crippen LogP contribution in [0.1, 0.15) is 23.2 Å². The molecule has 0 N–H and O–H groups in total. The Morgan fingerprint density at radius 1 is 1.24 bits per heavy atom. The smallest absolute Gasteiger partial charge is 0.171 e. The highest BCUT2D eigenvalue weighted by molar-refractivity contribution is 5.98. The lowest BCUT2D eigenvalue weighted by atomic mass is 9.88. The predicted octanol–water partition coefficient (Wildman–Crippen LogP) is 2.49. The molecule has 0 aliphatic carbocycles. The largest absolute Gasteiger partial charge is 0.306 e. The molecule has 0 unspecified atom stereocenters. The van der Waals surface area contributed by atoms with Crippen molar-refractivity contribution in [3.63, 3.8) is 0 Å². The molecule has 2 nitrogen and oxygen atoms in total. The van der Waals surface area contributed by atoms with Gasteiger partial charge in [-0.15, -0.1) is 0 Å². The summed E-state index contributed by atoms with van der Waals surface area (Å²) in [7, 11) is 1.98. The molecule has 2 rings (SSSR count). The van der Waals surface area contributed by atoms with Crippen LogP contribution in [0.15, 0.2) is 18.2 Å². The van der Waals surface area contributed by atoms with Gasteiger partial charge in [-0.3, -0.25) is 4.79 Å². The quantitative estimate of drug-likeness (QED) is 0.739. The van der Waals surface area contributed by atoms with Gasteiger partial charge in [0.15, 0.2) is 5.78 Å². The van der Waals surface area contributed by atoms with E-state index in [-0.39, 0.29) is 11.5 Å². The maximum atomic E-state index is 13.5. The molecule has 1 saturated heterocycles. The second-order valence-corrected chi connectivity index (χ2v) is 4.54. The third-order valence-corrected chi connectivity index (χ3v) is 3.30. The van der Waals surface area contributed by atoms with Crippen molar-refractivity contribution in [1.29, 1.82) is 0 Å². The second kappa shape index (κ2) is 4.92. The van der Waals surface area contributed by atoms with Gasteiger partial charge in [-0.1, -0.05) is 6.07 Å². The van der Waals surface area contributed by atoms with E-state index >= 15 is 0 Å². The van der Waals surface area contributed by atoms with E-state index < -0.39 is 17.4 Å². The van der Waals surface area contributed by atoms with Crippen LogP contribution in [0.3, 0.4) is 0 Å². The van der Waals surface area contributed by atoms with Crippen molar-refractivity contribution >= 4 is 5.78 Å². The Bertz CT molecular complexity index is 405. The van der Waals surface area contributed by atoms with Crippen molar-refractivity contribution in [3.8, 4) is 0 Å². The maximum Gasteiger partial charge on any atom is 0.171 e. The van der Waals surface area contributed by atoms with Crippen LogP contribution in [-0.4, -0.2) is 30.8 Å². The van der Waals surface area contributed by atoms with Crippen LogP contribution < -0.4 is 0 Å². The Morgan fingerprint density at radius 3 is 2.29 bits per heavy atom. The Hall–Kier alpha value is -1.29. The average molecular weight is 239 g/mol. The lowest BCUT2D eigenvalue weighted by Crippen LogP contribution is -2.34. The lowest BCUT2D eigenvalue weighted by molar-refractivity contribution is 0.0848. The fourth-order valence-corrected chi connectivity index (χ4v) is 2.21. The van der Waals surface area contributed by atoms with E-state index in [1.54, 1.807) is 0 Å². The zero-order valence-electron chi connectivity index (χ0n) is 9.75. The summed E-state index contributed by atoms with van der Waals surface area (Å²) in [6.07, 6.45) is 1.34. The highest BCUT2D eigenvalue weighted by Crippen LogP contribution is 2.24. The van der Waals surface area contributed by atoms with Gasteiger partial charge in [-0.25, -0.2) is 8.78 Å². The van der Waals surface area contributed by atoms with Crippen LogP contribution in [0.5, 0.6) is 0 Å². The van der Waals surface area contributed by atoms with Crippen LogP contribution >= 0.6 is 0 Å². The van der Waals surface area contributed by atoms with E-state index in [1.807, 2.05) is 7.05 Å². The number of Topliss-reactive ketones (excluding diaryl/α,β-unsaturated/α-hetero) is 1. The van der Waals surface area contributed by atoms with Crippen molar-refractivity contribution in [2.75, 3.05) is 20.1 Å². The molecular weight excluding hydrogens is 224 g/mol. The first-order valence-corrected chi connectivity index (χ1v) is 5.76. The van der Waals surface area contributed by atoms with Crippen molar-refractivity contribution in [3.05, 3.63) is 35.4 Å². The molecule has 92 valence electrons. The number of halogens is 2. The lowest BCUT2D eigenvalue weighted by Gasteiger charge is -2.28. The molecule has 0 aromatic heterocycles. The number of hydrogen-bond donors (Lipinski definition) is 0. The van der Waals surface area contributed by atoms with Crippen LogP contribution in [0.4, 0.5) is 8.78 Å². The van der Waals surface area contributed by atoms with Gasteiger partial charge in [0.25, 0.3) is 0 Å². The normalized spacial score (nSPS) is 18.3. The number of carbonyl (C=O) groups is 1. The third kappa shape index (κ3) is 2.52. The first-order valence-electron chi connectivity index (χ1n) is 5.76. The number of ketones is 1. The summed E-state index contributed by atoms with van der Waals surface area (Å²) in [5, 5.41) is 0. The summed E-state index contributed by atoms with van der Waals surface area (Å²) in [6, 6.07) is 3.53. The fraction of sp³-hybridized carbons (Fsp3) is 0.462. The Morgan fingerprint density at radius 2 is 1.76 bits per heavy atom. The first-order chi connectivity index (χ1) is 8.09. The van der Waals surface area contributed by atoms with Crippen LogP contribution in [-0.2, 0) is 0 Å². The zero-order valence-corrected chi connectivity index (χ0v) is 9.75. The highest BCUT2D eigenvalue weighted by atomic mass is 19.1. The first kappa shape index (κ1) is 12.2. The van der Waals surface area contributed by atoms with Gasteiger partial charge >= 0.3 is 0 Å². The Labute approximate surface area is 99.2 Å². The van der Waals surface area contributed by atoms with E-state index in [2.05, 4.69) is 4.90 Å². The number of rotatable bonds is 2. The highest BCUT2D eigenvalue weighted by Gasteiger charge is 2.28. The van der Waals surface area contributed by atoms with Gasteiger partial charge in [0.1, 0.15) is 11.6 Å². The summed E-state index contributed by atoms with van der Waals surface area (Å²) in [6.45, 7) is 1.60. The number of hydrogen-bond acceptors (Lipinski definition) is 2. The molecule has 1 aromatic carbocycles. The average Bonchev–Trinajstić information content (AvgIpc) is 2.29. The molecule has 0 spiro atoms. The summed E-state index contributed by atoms with van der Waals surface area (Å²) in [5.41, 5.74) is -0.373. The predicted molar refractivity (Wildman–Crippen MR) is 60.9 cm³/mol. The molecule has 0 saturated carbocycles. The SMILES string of the molecule is CN1CCC(C(=O)c2c(F)cccc2F)CC1. The molecule has 1 aliphatic rings. The molecule has 4 heteroatoms. The molecule has 0 amide bonds. The number of nitrogens with zero attached hydrogens (tertiary/aromatic N) is 1. The molecule has 0 atom stereocenters. The van der Waals surface area contributed by atoms with Crippen molar-refractivity contribution in [2.24, 2.45) is 5.92 Å². The van der Waals surface area contributed by atoms with E-state index in [0.717, 1.165) is 25.2 Å². The van der Waals surface area contributed by atoms with Crippen molar-refractivity contribution in [2.45, 2.75) is 12.8 Å². The molecular formula is C13H15F2NO. The molecule has 1 aliphatic heterocycles. The van der Waals surface area contributed by atoms with Gasteiger partial charge in [0, 0.05) is 5.92 Å². The number of likely N-dealkylation sites (tertiary alicyclic amines) is 1. The van der Waals surface area contributed by atoms with Gasteiger partial charge in [-0.05, 0) is 45.1 Å². The summed E-state index contributed by atoms with van der Waals surface area (Å²) >= 11 is 0. The molecule has 17 heavy (non-hydrogen) atoms.